The smallest absolute Gasteiger partial charge is 0.222 e. The van der Waals surface area contributed by atoms with Gasteiger partial charge in [-0.3, -0.25) is 4.79 Å². The van der Waals surface area contributed by atoms with Crippen molar-refractivity contribution in [1.82, 2.24) is 5.32 Å². The normalized spacial score (nSPS) is 10.3. The lowest BCUT2D eigenvalue weighted by Gasteiger charge is -2.06. The van der Waals surface area contributed by atoms with Crippen LogP contribution in [0.3, 0.4) is 0 Å². The van der Waals surface area contributed by atoms with Crippen LogP contribution in [0.15, 0.2) is 35.2 Å². The fraction of sp³-hybridized carbons (Fsp3) is 0.417. The molecule has 1 aromatic carbocycles. The van der Waals surface area contributed by atoms with Gasteiger partial charge in [-0.15, -0.1) is 11.8 Å². The zero-order chi connectivity index (χ0) is 11.1. The summed E-state index contributed by atoms with van der Waals surface area (Å²) >= 11 is 1.76. The third-order valence-corrected chi connectivity index (χ3v) is 2.95. The Morgan fingerprint density at radius 2 is 2.00 bits per heavy atom. The van der Waals surface area contributed by atoms with E-state index in [4.69, 9.17) is 0 Å². The number of carbonyl (C=O) groups is 1. The van der Waals surface area contributed by atoms with E-state index >= 15 is 0 Å². The van der Waals surface area contributed by atoms with Crippen LogP contribution in [-0.4, -0.2) is 18.2 Å². The van der Waals surface area contributed by atoms with Crippen molar-refractivity contribution < 1.29 is 4.79 Å². The number of carbonyl (C=O) groups excluding carboxylic acids is 1. The molecule has 0 aliphatic rings. The second-order valence-corrected chi connectivity index (χ2v) is 4.78. The van der Waals surface area contributed by atoms with Crippen LogP contribution in [-0.2, 0) is 4.79 Å². The number of hydrogen-bond acceptors (Lipinski definition) is 2. The lowest BCUT2D eigenvalue weighted by Crippen LogP contribution is -2.29. The highest BCUT2D eigenvalue weighted by molar-refractivity contribution is 7.99. The molecule has 82 valence electrons. The summed E-state index contributed by atoms with van der Waals surface area (Å²) in [6, 6.07) is 10.2. The molecule has 0 spiro atoms. The van der Waals surface area contributed by atoms with Crippen molar-refractivity contribution in [1.29, 1.82) is 0 Å². The maximum atomic E-state index is 11.2. The van der Waals surface area contributed by atoms with Crippen LogP contribution in [0, 0.1) is 5.92 Å². The summed E-state index contributed by atoms with van der Waals surface area (Å²) in [7, 11) is 0. The molecular formula is C12H17NOS. The topological polar surface area (TPSA) is 29.1 Å². The van der Waals surface area contributed by atoms with E-state index in [-0.39, 0.29) is 11.8 Å². The second kappa shape index (κ2) is 6.51. The van der Waals surface area contributed by atoms with Gasteiger partial charge in [0.1, 0.15) is 0 Å². The van der Waals surface area contributed by atoms with Gasteiger partial charge in [-0.05, 0) is 12.1 Å². The van der Waals surface area contributed by atoms with Crippen LogP contribution >= 0.6 is 11.8 Å². The Labute approximate surface area is 95.5 Å². The molecule has 1 aromatic rings. The minimum Gasteiger partial charge on any atom is -0.355 e. The van der Waals surface area contributed by atoms with Crippen molar-refractivity contribution in [2.75, 3.05) is 12.3 Å². The van der Waals surface area contributed by atoms with Crippen LogP contribution < -0.4 is 5.32 Å². The molecule has 0 fully saturated rings. The van der Waals surface area contributed by atoms with E-state index in [1.165, 1.54) is 4.90 Å². The van der Waals surface area contributed by atoms with Crippen LogP contribution in [0.2, 0.25) is 0 Å². The number of amides is 1. The average molecular weight is 223 g/mol. The van der Waals surface area contributed by atoms with Crippen LogP contribution in [0.5, 0.6) is 0 Å². The number of rotatable bonds is 5. The van der Waals surface area contributed by atoms with Gasteiger partial charge in [0.25, 0.3) is 0 Å². The maximum Gasteiger partial charge on any atom is 0.222 e. The maximum absolute atomic E-state index is 11.2. The molecule has 0 radical (unpaired) electrons. The molecule has 0 aromatic heterocycles. The molecule has 1 rings (SSSR count). The predicted molar refractivity (Wildman–Crippen MR) is 65.0 cm³/mol. The van der Waals surface area contributed by atoms with Gasteiger partial charge in [-0.25, -0.2) is 0 Å². The van der Waals surface area contributed by atoms with Gasteiger partial charge in [0.05, 0.1) is 0 Å². The first-order valence-corrected chi connectivity index (χ1v) is 6.14. The van der Waals surface area contributed by atoms with Gasteiger partial charge in [-0.1, -0.05) is 32.0 Å². The number of hydrogen-bond donors (Lipinski definition) is 1. The summed E-state index contributed by atoms with van der Waals surface area (Å²) in [5.41, 5.74) is 0. The van der Waals surface area contributed by atoms with Crippen molar-refractivity contribution in [3.8, 4) is 0 Å². The van der Waals surface area contributed by atoms with Gasteiger partial charge in [0, 0.05) is 23.1 Å². The van der Waals surface area contributed by atoms with E-state index in [2.05, 4.69) is 17.4 Å². The highest BCUT2D eigenvalue weighted by Gasteiger charge is 2.04. The van der Waals surface area contributed by atoms with Gasteiger partial charge in [0.2, 0.25) is 5.91 Å². The van der Waals surface area contributed by atoms with E-state index in [1.807, 2.05) is 32.0 Å². The molecule has 0 aliphatic carbocycles. The minimum absolute atomic E-state index is 0.0757. The fourth-order valence-electron chi connectivity index (χ4n) is 1.06. The number of benzene rings is 1. The molecule has 0 aliphatic heterocycles. The summed E-state index contributed by atoms with van der Waals surface area (Å²) in [4.78, 5) is 12.5. The molecule has 15 heavy (non-hydrogen) atoms. The van der Waals surface area contributed by atoms with E-state index < -0.39 is 0 Å². The molecule has 0 heterocycles. The highest BCUT2D eigenvalue weighted by atomic mass is 32.2. The molecule has 2 nitrogen and oxygen atoms in total. The van der Waals surface area contributed by atoms with Crippen LogP contribution in [0.1, 0.15) is 13.8 Å². The average Bonchev–Trinajstić information content (AvgIpc) is 2.25. The SMILES string of the molecule is CC(C)C(=O)NCCSc1ccccc1. The van der Waals surface area contributed by atoms with Crippen molar-refractivity contribution in [2.45, 2.75) is 18.7 Å². The van der Waals surface area contributed by atoms with E-state index in [0.29, 0.717) is 0 Å². The Kier molecular flexibility index (Phi) is 5.26. The van der Waals surface area contributed by atoms with Gasteiger partial charge in [0.15, 0.2) is 0 Å². The summed E-state index contributed by atoms with van der Waals surface area (Å²) in [6.45, 7) is 4.54. The predicted octanol–water partition coefficient (Wildman–Crippen LogP) is 2.55. The molecule has 0 saturated carbocycles. The second-order valence-electron chi connectivity index (χ2n) is 3.61. The summed E-state index contributed by atoms with van der Waals surface area (Å²) in [5.74, 6) is 1.12. The molecule has 0 unspecified atom stereocenters. The Bertz CT molecular complexity index is 298. The largest absolute Gasteiger partial charge is 0.355 e. The van der Waals surface area contributed by atoms with Crippen molar-refractivity contribution in [2.24, 2.45) is 5.92 Å². The highest BCUT2D eigenvalue weighted by Crippen LogP contribution is 2.15. The fourth-order valence-corrected chi connectivity index (χ4v) is 1.85. The van der Waals surface area contributed by atoms with Crippen molar-refractivity contribution in [3.05, 3.63) is 30.3 Å². The molecule has 1 N–H and O–H groups in total. The number of thioether (sulfide) groups is 1. The van der Waals surface area contributed by atoms with Gasteiger partial charge >= 0.3 is 0 Å². The quantitative estimate of drug-likeness (QED) is 0.614. The Hall–Kier alpha value is -0.960. The lowest BCUT2D eigenvalue weighted by atomic mass is 10.2. The monoisotopic (exact) mass is 223 g/mol. The molecule has 1 amide bonds. The Morgan fingerprint density at radius 3 is 2.60 bits per heavy atom. The standard InChI is InChI=1S/C12H17NOS/c1-10(2)12(14)13-8-9-15-11-6-4-3-5-7-11/h3-7,10H,8-9H2,1-2H3,(H,13,14). The third kappa shape index (κ3) is 4.88. The van der Waals surface area contributed by atoms with Gasteiger partial charge < -0.3 is 5.32 Å². The summed E-state index contributed by atoms with van der Waals surface area (Å²) in [5, 5.41) is 2.89. The molecule has 0 bridgehead atoms. The first kappa shape index (κ1) is 12.1. The van der Waals surface area contributed by atoms with Crippen LogP contribution in [0.25, 0.3) is 0 Å². The minimum atomic E-state index is 0.0757. The van der Waals surface area contributed by atoms with E-state index in [1.54, 1.807) is 11.8 Å². The third-order valence-electron chi connectivity index (χ3n) is 1.94. The lowest BCUT2D eigenvalue weighted by molar-refractivity contribution is -0.123. The first-order chi connectivity index (χ1) is 7.20. The molecule has 3 heteroatoms. The van der Waals surface area contributed by atoms with E-state index in [9.17, 15) is 4.79 Å². The molecule has 0 saturated heterocycles. The Morgan fingerprint density at radius 1 is 1.33 bits per heavy atom. The Balaban J connectivity index is 2.15. The zero-order valence-corrected chi connectivity index (χ0v) is 10.0. The molecular weight excluding hydrogens is 206 g/mol. The summed E-state index contributed by atoms with van der Waals surface area (Å²) in [6.07, 6.45) is 0. The summed E-state index contributed by atoms with van der Waals surface area (Å²) < 4.78 is 0. The molecule has 0 atom stereocenters. The van der Waals surface area contributed by atoms with Crippen LogP contribution in [0.4, 0.5) is 0 Å². The number of nitrogens with one attached hydrogen (secondary N) is 1. The van der Waals surface area contributed by atoms with Gasteiger partial charge in [-0.2, -0.15) is 0 Å². The van der Waals surface area contributed by atoms with E-state index in [0.717, 1.165) is 12.3 Å². The van der Waals surface area contributed by atoms with Crippen molar-refractivity contribution in [3.63, 3.8) is 0 Å². The zero-order valence-electron chi connectivity index (χ0n) is 9.19. The van der Waals surface area contributed by atoms with Crippen molar-refractivity contribution >= 4 is 17.7 Å². The first-order valence-electron chi connectivity index (χ1n) is 5.15.